The van der Waals surface area contributed by atoms with Crippen LogP contribution < -0.4 is 10.1 Å². The van der Waals surface area contributed by atoms with Gasteiger partial charge in [-0.3, -0.25) is 15.2 Å². The topological polar surface area (TPSA) is 157 Å². The van der Waals surface area contributed by atoms with Crippen molar-refractivity contribution < 1.29 is 22.7 Å². The van der Waals surface area contributed by atoms with Crippen molar-refractivity contribution in [2.24, 2.45) is 21.8 Å². The maximum absolute atomic E-state index is 13.0. The molecule has 1 unspecified atom stereocenters. The Morgan fingerprint density at radius 2 is 1.93 bits per heavy atom. The smallest absolute Gasteiger partial charge is 0.410 e. The number of rotatable bonds is 7. The normalized spacial score (nSPS) is 23.1. The maximum Gasteiger partial charge on any atom is 0.410 e. The number of hydrogen-bond acceptors (Lipinski definition) is 8. The first-order chi connectivity index (χ1) is 19.4. The summed E-state index contributed by atoms with van der Waals surface area (Å²) in [5.41, 5.74) is 3.05. The Bertz CT molecular complexity index is 1440. The van der Waals surface area contributed by atoms with Crippen LogP contribution in [0, 0.1) is 23.2 Å². The van der Waals surface area contributed by atoms with Crippen molar-refractivity contribution in [3.8, 4) is 6.07 Å². The minimum Gasteiger partial charge on any atom is -0.444 e. The number of ether oxygens (including phenoxy) is 1. The number of nitriles is 1. The summed E-state index contributed by atoms with van der Waals surface area (Å²) in [6.45, 7) is 6.65. The van der Waals surface area contributed by atoms with Crippen molar-refractivity contribution in [1.29, 1.82) is 5.26 Å². The third-order valence-electron chi connectivity index (χ3n) is 7.63. The molecule has 2 N–H and O–H groups in total. The predicted octanol–water partition coefficient (Wildman–Crippen LogP) is 3.02. The molecule has 2 saturated heterocycles. The summed E-state index contributed by atoms with van der Waals surface area (Å²) >= 11 is 0. The average Bonchev–Trinajstić information content (AvgIpc) is 3.68. The standard InChI is InChI=1S/C28H35N7O5S/c1-27(2,3)40-26(37)34-16-12-28(11-14-29,13-17-34)35-22-10-15-30-25(36)23(22)24(33-35)32-20-6-8-21(9-7-20)41(38,39)31-18-19-4-5-19/h6-10,15,19,23,31H,4-5,11-13,16-18H2,1-3H3,(H,32,33). The fraction of sp³-hybridized carbons (Fsp3) is 0.536. The number of dihydropyridines is 1. The molecule has 3 aliphatic heterocycles. The van der Waals surface area contributed by atoms with Crippen LogP contribution in [0.3, 0.4) is 0 Å². The molecule has 1 atom stereocenters. The highest BCUT2D eigenvalue weighted by Crippen LogP contribution is 2.40. The Hall–Kier alpha value is -3.76. The van der Waals surface area contributed by atoms with Crippen LogP contribution in [0.4, 0.5) is 10.5 Å². The highest BCUT2D eigenvalue weighted by atomic mass is 32.2. The average molecular weight is 582 g/mol. The minimum absolute atomic E-state index is 0.145. The highest BCUT2D eigenvalue weighted by molar-refractivity contribution is 7.89. The molecule has 1 aromatic carbocycles. The van der Waals surface area contributed by atoms with Gasteiger partial charge in [0.05, 0.1) is 34.3 Å². The highest BCUT2D eigenvalue weighted by Gasteiger charge is 2.50. The van der Waals surface area contributed by atoms with Gasteiger partial charge in [-0.05, 0) is 82.7 Å². The van der Waals surface area contributed by atoms with Gasteiger partial charge >= 0.3 is 6.09 Å². The van der Waals surface area contributed by atoms with Gasteiger partial charge in [0, 0.05) is 25.8 Å². The number of likely N-dealkylation sites (tertiary alicyclic amines) is 1. The van der Waals surface area contributed by atoms with Gasteiger partial charge < -0.3 is 9.64 Å². The fourth-order valence-corrected chi connectivity index (χ4v) is 6.32. The molecule has 4 aliphatic rings. The first-order valence-electron chi connectivity index (χ1n) is 13.8. The zero-order chi connectivity index (χ0) is 29.4. The molecule has 0 bridgehead atoms. The zero-order valence-electron chi connectivity index (χ0n) is 23.5. The van der Waals surface area contributed by atoms with Crippen LogP contribution in [0.1, 0.15) is 52.9 Å². The quantitative estimate of drug-likeness (QED) is 0.498. The summed E-state index contributed by atoms with van der Waals surface area (Å²) in [7, 11) is -3.62. The maximum atomic E-state index is 13.0. The SMILES string of the molecule is CC(C)(C)OC(=O)N1CCC(CC#N)(N2NC(=Nc3ccc(S(=O)(=O)NCC4CC4)cc3)C3C(=O)N=CC=C32)CC1. The number of amides is 2. The molecule has 2 amide bonds. The molecule has 0 aromatic heterocycles. The van der Waals surface area contributed by atoms with Crippen molar-refractivity contribution >= 4 is 39.8 Å². The lowest BCUT2D eigenvalue weighted by molar-refractivity contribution is -0.119. The van der Waals surface area contributed by atoms with Gasteiger partial charge in [0.1, 0.15) is 17.4 Å². The van der Waals surface area contributed by atoms with Gasteiger partial charge in [-0.1, -0.05) is 0 Å². The van der Waals surface area contributed by atoms with Gasteiger partial charge in [0.2, 0.25) is 10.0 Å². The van der Waals surface area contributed by atoms with Crippen LogP contribution in [0.2, 0.25) is 0 Å². The summed E-state index contributed by atoms with van der Waals surface area (Å²) < 4.78 is 33.4. The van der Waals surface area contributed by atoms with Gasteiger partial charge in [0.15, 0.2) is 0 Å². The lowest BCUT2D eigenvalue weighted by atomic mass is 9.83. The van der Waals surface area contributed by atoms with Crippen LogP contribution in [0.25, 0.3) is 0 Å². The lowest BCUT2D eigenvalue weighted by Gasteiger charge is -2.47. The van der Waals surface area contributed by atoms with E-state index in [1.165, 1.54) is 18.3 Å². The largest absolute Gasteiger partial charge is 0.444 e. The first kappa shape index (κ1) is 28.8. The van der Waals surface area contributed by atoms with Crippen LogP contribution in [0.5, 0.6) is 0 Å². The monoisotopic (exact) mass is 581 g/mol. The van der Waals surface area contributed by atoms with E-state index in [9.17, 15) is 23.3 Å². The van der Waals surface area contributed by atoms with E-state index in [4.69, 9.17) is 4.74 Å². The summed E-state index contributed by atoms with van der Waals surface area (Å²) in [6.07, 6.45) is 5.96. The molecule has 5 rings (SSSR count). The summed E-state index contributed by atoms with van der Waals surface area (Å²) in [4.78, 5) is 36.0. The molecule has 1 aliphatic carbocycles. The van der Waals surface area contributed by atoms with Crippen LogP contribution in [-0.2, 0) is 19.6 Å². The number of amidine groups is 1. The minimum atomic E-state index is -3.62. The van der Waals surface area contributed by atoms with Crippen molar-refractivity contribution in [3.05, 3.63) is 36.0 Å². The zero-order valence-corrected chi connectivity index (χ0v) is 24.3. The molecule has 1 saturated carbocycles. The Balaban J connectivity index is 1.37. The third kappa shape index (κ3) is 6.28. The summed E-state index contributed by atoms with van der Waals surface area (Å²) in [6, 6.07) is 8.44. The number of benzene rings is 1. The predicted molar refractivity (Wildman–Crippen MR) is 151 cm³/mol. The van der Waals surface area contributed by atoms with Crippen molar-refractivity contribution in [1.82, 2.24) is 20.1 Å². The van der Waals surface area contributed by atoms with Crippen LogP contribution in [-0.4, -0.2) is 73.2 Å². The number of sulfonamides is 1. The van der Waals surface area contributed by atoms with E-state index < -0.39 is 39.1 Å². The molecular formula is C28H35N7O5S. The Kier molecular flexibility index (Phi) is 7.65. The van der Waals surface area contributed by atoms with E-state index in [0.717, 1.165) is 12.8 Å². The molecule has 3 heterocycles. The lowest BCUT2D eigenvalue weighted by Crippen LogP contribution is -2.58. The van der Waals surface area contributed by atoms with E-state index in [1.807, 2.05) is 25.8 Å². The van der Waals surface area contributed by atoms with E-state index in [0.29, 0.717) is 55.6 Å². The molecule has 0 radical (unpaired) electrons. The number of aliphatic imine (C=N–C) groups is 2. The molecule has 1 aromatic rings. The van der Waals surface area contributed by atoms with Gasteiger partial charge in [-0.2, -0.15) is 5.26 Å². The van der Waals surface area contributed by atoms with Crippen LogP contribution >= 0.6 is 0 Å². The molecule has 12 nitrogen and oxygen atoms in total. The second kappa shape index (κ2) is 10.9. The van der Waals surface area contributed by atoms with Crippen molar-refractivity contribution in [2.45, 2.75) is 68.9 Å². The Labute approximate surface area is 240 Å². The molecule has 41 heavy (non-hydrogen) atoms. The molecular weight excluding hydrogens is 546 g/mol. The number of nitrogens with one attached hydrogen (secondary N) is 2. The van der Waals surface area contributed by atoms with Gasteiger partial charge in [0.25, 0.3) is 5.91 Å². The number of nitrogens with zero attached hydrogens (tertiary/aromatic N) is 5. The second-order valence-corrected chi connectivity index (χ2v) is 13.7. The fourth-order valence-electron chi connectivity index (χ4n) is 5.20. The number of carbonyl (C=O) groups excluding carboxylic acids is 2. The van der Waals surface area contributed by atoms with E-state index in [1.54, 1.807) is 23.1 Å². The van der Waals surface area contributed by atoms with Crippen molar-refractivity contribution in [2.75, 3.05) is 19.6 Å². The molecule has 13 heteroatoms. The summed E-state index contributed by atoms with van der Waals surface area (Å²) in [5, 5.41) is 11.6. The van der Waals surface area contributed by atoms with E-state index in [2.05, 4.69) is 26.2 Å². The van der Waals surface area contributed by atoms with Gasteiger partial charge in [-0.15, -0.1) is 0 Å². The summed E-state index contributed by atoms with van der Waals surface area (Å²) in [5.74, 6) is -0.424. The molecule has 0 spiro atoms. The first-order valence-corrected chi connectivity index (χ1v) is 15.3. The number of piperidine rings is 1. The second-order valence-electron chi connectivity index (χ2n) is 11.9. The number of hydrazine groups is 1. The molecule has 218 valence electrons. The number of carbonyl (C=O) groups is 2. The van der Waals surface area contributed by atoms with Crippen LogP contribution in [0.15, 0.2) is 50.9 Å². The third-order valence-corrected chi connectivity index (χ3v) is 9.07. The Morgan fingerprint density at radius 3 is 2.54 bits per heavy atom. The molecule has 3 fully saturated rings. The number of allylic oxidation sites excluding steroid dienone is 1. The number of fused-ring (bicyclic) bond motifs is 1. The van der Waals surface area contributed by atoms with Gasteiger partial charge in [-0.25, -0.2) is 27.9 Å². The van der Waals surface area contributed by atoms with E-state index in [-0.39, 0.29) is 11.3 Å². The van der Waals surface area contributed by atoms with E-state index >= 15 is 0 Å². The Morgan fingerprint density at radius 1 is 1.24 bits per heavy atom. The number of hydrogen-bond donors (Lipinski definition) is 2. The van der Waals surface area contributed by atoms with Crippen molar-refractivity contribution in [3.63, 3.8) is 0 Å².